The fourth-order valence-corrected chi connectivity index (χ4v) is 10.9. The maximum absolute atomic E-state index is 12.2. The quantitative estimate of drug-likeness (QED) is 0.0792. The van der Waals surface area contributed by atoms with Crippen molar-refractivity contribution in [3.8, 4) is 28.7 Å². The molecule has 0 saturated heterocycles. The summed E-state index contributed by atoms with van der Waals surface area (Å²) in [6.07, 6.45) is 14.0. The molecule has 9 rings (SSSR count). The molecule has 4 aliphatic rings. The van der Waals surface area contributed by atoms with Gasteiger partial charge in [0.1, 0.15) is 28.7 Å². The summed E-state index contributed by atoms with van der Waals surface area (Å²) in [6, 6.07) is 31.6. The van der Waals surface area contributed by atoms with Crippen molar-refractivity contribution in [2.75, 3.05) is 0 Å². The SMILES string of the molecule is C[C@H]1[C@H]2CCCCC[C@]1(C)c1cc(O)ccc1C2.Cc1ccc(OC(=O)Oc2ccc([N+](=O)[O-])cc2)cc1.Cc1ccc(OC(=O)Oc2ccc3c(c2)[C@@]2(C)CCCCC[C@@H](C3)[C@@H]2C)cc1. The van der Waals surface area contributed by atoms with Crippen molar-refractivity contribution >= 4 is 18.0 Å². The first kappa shape index (κ1) is 47.8. The van der Waals surface area contributed by atoms with E-state index in [1.807, 2.05) is 44.2 Å². The summed E-state index contributed by atoms with van der Waals surface area (Å²) in [5.74, 6) is 5.03. The highest BCUT2D eigenvalue weighted by atomic mass is 16.7. The van der Waals surface area contributed by atoms with E-state index in [0.717, 1.165) is 35.3 Å². The van der Waals surface area contributed by atoms with E-state index in [0.29, 0.717) is 28.9 Å². The second-order valence-corrected chi connectivity index (χ2v) is 19.5. The number of fused-ring (bicyclic) bond motifs is 8. The molecule has 10 heteroatoms. The third-order valence-corrected chi connectivity index (χ3v) is 15.2. The van der Waals surface area contributed by atoms with Crippen molar-refractivity contribution in [3.05, 3.63) is 153 Å². The van der Waals surface area contributed by atoms with Gasteiger partial charge in [-0.25, -0.2) is 9.59 Å². The van der Waals surface area contributed by atoms with Crippen LogP contribution in [-0.2, 0) is 23.7 Å². The number of rotatable bonds is 5. The van der Waals surface area contributed by atoms with Crippen LogP contribution in [0.1, 0.15) is 125 Å². The summed E-state index contributed by atoms with van der Waals surface area (Å²) in [6.45, 7) is 13.6. The zero-order valence-corrected chi connectivity index (χ0v) is 39.3. The zero-order chi connectivity index (χ0) is 47.0. The fraction of sp³-hybridized carbons (Fsp3) is 0.429. The molecule has 5 aromatic rings. The van der Waals surface area contributed by atoms with Crippen molar-refractivity contribution in [1.29, 1.82) is 0 Å². The number of hydrogen-bond donors (Lipinski definition) is 1. The van der Waals surface area contributed by atoms with Crippen LogP contribution in [0.4, 0.5) is 15.3 Å². The number of carbonyl (C=O) groups excluding carboxylic acids is 2. The molecule has 4 bridgehead atoms. The Morgan fingerprint density at radius 1 is 0.561 bits per heavy atom. The third-order valence-electron chi connectivity index (χ3n) is 15.2. The summed E-state index contributed by atoms with van der Waals surface area (Å²) < 4.78 is 20.7. The summed E-state index contributed by atoms with van der Waals surface area (Å²) in [5.41, 5.74) is 8.20. The third kappa shape index (κ3) is 11.4. The Balaban J connectivity index is 0.000000152. The first-order valence-electron chi connectivity index (χ1n) is 23.7. The molecule has 5 aromatic carbocycles. The topological polar surface area (TPSA) is 134 Å². The molecule has 66 heavy (non-hydrogen) atoms. The highest BCUT2D eigenvalue weighted by Gasteiger charge is 2.44. The van der Waals surface area contributed by atoms with Crippen molar-refractivity contribution in [1.82, 2.24) is 0 Å². The van der Waals surface area contributed by atoms with E-state index in [1.165, 1.54) is 117 Å². The maximum atomic E-state index is 12.2. The molecule has 10 nitrogen and oxygen atoms in total. The van der Waals surface area contributed by atoms with Crippen LogP contribution in [0.15, 0.2) is 109 Å². The largest absolute Gasteiger partial charge is 0.519 e. The number of ether oxygens (including phenoxy) is 4. The van der Waals surface area contributed by atoms with Crippen molar-refractivity contribution < 1.29 is 38.6 Å². The van der Waals surface area contributed by atoms with E-state index in [4.69, 9.17) is 18.9 Å². The number of aromatic hydroxyl groups is 1. The van der Waals surface area contributed by atoms with E-state index in [9.17, 15) is 24.8 Å². The minimum absolute atomic E-state index is 0.0794. The highest BCUT2D eigenvalue weighted by Crippen LogP contribution is 2.52. The first-order chi connectivity index (χ1) is 31.6. The normalized spacial score (nSPS) is 23.9. The van der Waals surface area contributed by atoms with Crippen LogP contribution in [0, 0.1) is 47.6 Å². The number of nitro groups is 1. The molecule has 2 saturated carbocycles. The number of phenolic OH excluding ortho intramolecular Hbond substituents is 1. The van der Waals surface area contributed by atoms with Crippen molar-refractivity contribution in [2.45, 2.75) is 129 Å². The first-order valence-corrected chi connectivity index (χ1v) is 23.7. The lowest BCUT2D eigenvalue weighted by Gasteiger charge is -2.47. The summed E-state index contributed by atoms with van der Waals surface area (Å²) in [7, 11) is 0. The van der Waals surface area contributed by atoms with Gasteiger partial charge in [0, 0.05) is 12.1 Å². The molecule has 6 atom stereocenters. The van der Waals surface area contributed by atoms with E-state index in [-0.39, 0.29) is 22.3 Å². The zero-order valence-electron chi connectivity index (χ0n) is 39.3. The summed E-state index contributed by atoms with van der Waals surface area (Å²) in [4.78, 5) is 33.7. The van der Waals surface area contributed by atoms with Gasteiger partial charge in [0.25, 0.3) is 5.69 Å². The smallest absolute Gasteiger partial charge is 0.508 e. The number of benzene rings is 5. The number of phenols is 1. The van der Waals surface area contributed by atoms with Gasteiger partial charge in [0.2, 0.25) is 0 Å². The highest BCUT2D eigenvalue weighted by molar-refractivity contribution is 5.68. The Labute approximate surface area is 389 Å². The van der Waals surface area contributed by atoms with Gasteiger partial charge in [0.05, 0.1) is 4.92 Å². The minimum Gasteiger partial charge on any atom is -0.508 e. The van der Waals surface area contributed by atoms with Gasteiger partial charge in [0.15, 0.2) is 0 Å². The molecular formula is C56H65NO9. The van der Waals surface area contributed by atoms with Crippen LogP contribution in [0.5, 0.6) is 28.7 Å². The Kier molecular flexibility index (Phi) is 15.2. The maximum Gasteiger partial charge on any atom is 0.519 e. The number of carbonyl (C=O) groups is 2. The molecule has 0 aromatic heterocycles. The molecule has 0 unspecified atom stereocenters. The van der Waals surface area contributed by atoms with Gasteiger partial charge in [-0.1, -0.05) is 114 Å². The number of nitrogens with zero attached hydrogens (tertiary/aromatic N) is 1. The minimum atomic E-state index is -0.900. The van der Waals surface area contributed by atoms with Crippen LogP contribution >= 0.6 is 0 Å². The van der Waals surface area contributed by atoms with Gasteiger partial charge in [-0.15, -0.1) is 0 Å². The molecule has 0 radical (unpaired) electrons. The lowest BCUT2D eigenvalue weighted by Crippen LogP contribution is -2.41. The van der Waals surface area contributed by atoms with Crippen LogP contribution < -0.4 is 18.9 Å². The number of aryl methyl sites for hydroxylation is 2. The van der Waals surface area contributed by atoms with E-state index in [2.05, 4.69) is 45.9 Å². The molecule has 4 aliphatic carbocycles. The average molecular weight is 896 g/mol. The van der Waals surface area contributed by atoms with Gasteiger partial charge in [-0.05, 0) is 170 Å². The Hall–Kier alpha value is -6.16. The molecule has 0 aliphatic heterocycles. The Morgan fingerprint density at radius 2 is 0.955 bits per heavy atom. The van der Waals surface area contributed by atoms with Gasteiger partial charge >= 0.3 is 12.3 Å². The lowest BCUT2D eigenvalue weighted by molar-refractivity contribution is -0.384. The van der Waals surface area contributed by atoms with Crippen molar-refractivity contribution in [3.63, 3.8) is 0 Å². The number of nitro benzene ring substituents is 1. The van der Waals surface area contributed by atoms with E-state index < -0.39 is 17.2 Å². The van der Waals surface area contributed by atoms with Crippen LogP contribution in [0.2, 0.25) is 0 Å². The monoisotopic (exact) mass is 895 g/mol. The van der Waals surface area contributed by atoms with E-state index in [1.54, 1.807) is 36.4 Å². The van der Waals surface area contributed by atoms with Crippen LogP contribution in [-0.4, -0.2) is 22.3 Å². The molecule has 0 amide bonds. The summed E-state index contributed by atoms with van der Waals surface area (Å²) >= 11 is 0. The second-order valence-electron chi connectivity index (χ2n) is 19.5. The molecule has 0 heterocycles. The predicted octanol–water partition coefficient (Wildman–Crippen LogP) is 14.5. The summed E-state index contributed by atoms with van der Waals surface area (Å²) in [5, 5.41) is 20.3. The Morgan fingerprint density at radius 3 is 1.41 bits per heavy atom. The molecule has 2 fully saturated rings. The average Bonchev–Trinajstić information content (AvgIpc) is 3.29. The van der Waals surface area contributed by atoms with Gasteiger partial charge < -0.3 is 24.1 Å². The second kappa shape index (κ2) is 21.0. The van der Waals surface area contributed by atoms with Crippen molar-refractivity contribution in [2.24, 2.45) is 23.7 Å². The molecule has 348 valence electrons. The molecule has 1 N–H and O–H groups in total. The fourth-order valence-electron chi connectivity index (χ4n) is 10.9. The van der Waals surface area contributed by atoms with E-state index >= 15 is 0 Å². The number of hydrogen-bond acceptors (Lipinski definition) is 9. The molecular weight excluding hydrogens is 831 g/mol. The predicted molar refractivity (Wildman–Crippen MR) is 257 cm³/mol. The molecule has 0 spiro atoms. The van der Waals surface area contributed by atoms with Gasteiger partial charge in [-0.2, -0.15) is 0 Å². The standard InChI is InChI=1S/C25H30O3.C17H24O.C14H11NO5/c1-17-8-11-21(12-9-17)27-24(26)28-22-13-10-20-15-19-7-5-4-6-14-25(3,18(19)2)23(20)16-22;1-12-13-6-4-3-5-9-17(12,2)16-11-15(18)8-7-14(16)10-13;1-10-2-6-12(7-3-10)19-14(16)20-13-8-4-11(5-9-13)15(17)18/h8-13,16,18-19H,4-7,14-15H2,1-3H3;7-8,11-13,18H,3-6,9-10H2,1-2H3;2-9H,1H3/t18-,19-,25-;12-,13-,17-;/m00./s1. The lowest BCUT2D eigenvalue weighted by atomic mass is 9.57. The number of non-ortho nitro benzene ring substituents is 1. The van der Waals surface area contributed by atoms with Crippen LogP contribution in [0.3, 0.4) is 0 Å². The van der Waals surface area contributed by atoms with Crippen LogP contribution in [0.25, 0.3) is 0 Å². The Bertz CT molecular complexity index is 2470. The van der Waals surface area contributed by atoms with Gasteiger partial charge in [-0.3, -0.25) is 10.1 Å².